The zero-order valence-corrected chi connectivity index (χ0v) is 13.5. The van der Waals surface area contributed by atoms with Crippen LogP contribution >= 0.6 is 11.3 Å². The van der Waals surface area contributed by atoms with E-state index in [4.69, 9.17) is 0 Å². The van der Waals surface area contributed by atoms with Gasteiger partial charge in [-0.15, -0.1) is 11.3 Å². The lowest BCUT2D eigenvalue weighted by Gasteiger charge is -2.43. The number of likely N-dealkylation sites (N-methyl/N-ethyl adjacent to an activating group) is 2. The van der Waals surface area contributed by atoms with Crippen molar-refractivity contribution in [1.82, 2.24) is 10.2 Å². The fraction of sp³-hybridized carbons (Fsp3) is 0.529. The van der Waals surface area contributed by atoms with E-state index >= 15 is 0 Å². The number of nitrogens with zero attached hydrogens (tertiary/aromatic N) is 1. The lowest BCUT2D eigenvalue weighted by molar-refractivity contribution is 0.109. The van der Waals surface area contributed by atoms with Gasteiger partial charge in [-0.1, -0.05) is 31.0 Å². The Bertz CT molecular complexity index is 581. The van der Waals surface area contributed by atoms with Gasteiger partial charge in [0.1, 0.15) is 0 Å². The lowest BCUT2D eigenvalue weighted by Crippen LogP contribution is -2.51. The Morgan fingerprint density at radius 3 is 2.60 bits per heavy atom. The van der Waals surface area contributed by atoms with Gasteiger partial charge in [-0.25, -0.2) is 0 Å². The molecule has 2 nitrogen and oxygen atoms in total. The van der Waals surface area contributed by atoms with E-state index in [2.05, 4.69) is 61.0 Å². The summed E-state index contributed by atoms with van der Waals surface area (Å²) in [7, 11) is 6.59. The van der Waals surface area contributed by atoms with Gasteiger partial charge in [-0.05, 0) is 56.4 Å². The number of rotatable bonds is 4. The van der Waals surface area contributed by atoms with Gasteiger partial charge in [0.15, 0.2) is 0 Å². The summed E-state index contributed by atoms with van der Waals surface area (Å²) in [5.74, 6) is 0. The number of hydrogen-bond acceptors (Lipinski definition) is 3. The van der Waals surface area contributed by atoms with Crippen LogP contribution in [0.25, 0.3) is 10.1 Å². The van der Waals surface area contributed by atoms with Gasteiger partial charge in [-0.2, -0.15) is 0 Å². The van der Waals surface area contributed by atoms with Crippen LogP contribution in [0.4, 0.5) is 0 Å². The molecule has 1 heterocycles. The molecular formula is C17H24N2S. The van der Waals surface area contributed by atoms with Crippen molar-refractivity contribution in [1.29, 1.82) is 0 Å². The second-order valence-corrected chi connectivity index (χ2v) is 7.03. The van der Waals surface area contributed by atoms with Gasteiger partial charge in [0.25, 0.3) is 0 Å². The van der Waals surface area contributed by atoms with Crippen molar-refractivity contribution < 1.29 is 0 Å². The van der Waals surface area contributed by atoms with Crippen molar-refractivity contribution >= 4 is 21.4 Å². The highest BCUT2D eigenvalue weighted by atomic mass is 32.1. The molecule has 20 heavy (non-hydrogen) atoms. The van der Waals surface area contributed by atoms with E-state index in [0.717, 1.165) is 0 Å². The van der Waals surface area contributed by atoms with E-state index in [1.807, 2.05) is 11.3 Å². The van der Waals surface area contributed by atoms with Crippen LogP contribution in [0.3, 0.4) is 0 Å². The van der Waals surface area contributed by atoms with Crippen LogP contribution in [0.5, 0.6) is 0 Å². The van der Waals surface area contributed by atoms with Gasteiger partial charge >= 0.3 is 0 Å². The Morgan fingerprint density at radius 1 is 1.20 bits per heavy atom. The smallest absolute Gasteiger partial charge is 0.0518 e. The van der Waals surface area contributed by atoms with Crippen molar-refractivity contribution in [2.45, 2.75) is 37.3 Å². The molecule has 3 heteroatoms. The van der Waals surface area contributed by atoms with Crippen LogP contribution in [0.15, 0.2) is 29.6 Å². The molecule has 0 saturated heterocycles. The summed E-state index contributed by atoms with van der Waals surface area (Å²) in [5, 5.41) is 7.21. The van der Waals surface area contributed by atoms with Crippen LogP contribution in [-0.4, -0.2) is 31.6 Å². The lowest BCUT2D eigenvalue weighted by atomic mass is 9.82. The van der Waals surface area contributed by atoms with Gasteiger partial charge in [0.05, 0.1) is 6.04 Å². The third-order valence-corrected chi connectivity index (χ3v) is 5.99. The molecule has 2 aromatic rings. The quantitative estimate of drug-likeness (QED) is 0.913. The summed E-state index contributed by atoms with van der Waals surface area (Å²) < 4.78 is 1.44. The summed E-state index contributed by atoms with van der Waals surface area (Å²) in [6.45, 7) is 0. The Labute approximate surface area is 125 Å². The molecule has 3 rings (SSSR count). The first kappa shape index (κ1) is 14.1. The fourth-order valence-corrected chi connectivity index (χ4v) is 4.88. The summed E-state index contributed by atoms with van der Waals surface area (Å²) >= 11 is 1.87. The molecule has 1 atom stereocenters. The van der Waals surface area contributed by atoms with Crippen LogP contribution in [0.1, 0.15) is 37.3 Å². The fourth-order valence-electron chi connectivity index (χ4n) is 3.94. The van der Waals surface area contributed by atoms with Gasteiger partial charge in [0.2, 0.25) is 0 Å². The molecule has 0 radical (unpaired) electrons. The van der Waals surface area contributed by atoms with Crippen LogP contribution in [0.2, 0.25) is 0 Å². The first-order valence-electron chi connectivity index (χ1n) is 7.50. The maximum atomic E-state index is 3.63. The van der Waals surface area contributed by atoms with Crippen LogP contribution in [-0.2, 0) is 0 Å². The molecule has 0 spiro atoms. The Balaban J connectivity index is 2.11. The second-order valence-electron chi connectivity index (χ2n) is 6.11. The highest BCUT2D eigenvalue weighted by Gasteiger charge is 2.43. The molecule has 1 aliphatic carbocycles. The third-order valence-electron chi connectivity index (χ3n) is 5.01. The molecule has 1 saturated carbocycles. The highest BCUT2D eigenvalue weighted by molar-refractivity contribution is 7.17. The van der Waals surface area contributed by atoms with Crippen molar-refractivity contribution in [3.05, 3.63) is 35.2 Å². The first-order valence-corrected chi connectivity index (χ1v) is 8.38. The van der Waals surface area contributed by atoms with E-state index in [1.165, 1.54) is 41.3 Å². The summed E-state index contributed by atoms with van der Waals surface area (Å²) in [5.41, 5.74) is 1.73. The van der Waals surface area contributed by atoms with E-state index in [1.54, 1.807) is 0 Å². The molecular weight excluding hydrogens is 264 g/mol. The zero-order chi connectivity index (χ0) is 14.2. The summed E-state index contributed by atoms with van der Waals surface area (Å²) in [4.78, 5) is 2.45. The molecule has 1 aromatic heterocycles. The van der Waals surface area contributed by atoms with Crippen molar-refractivity contribution in [2.75, 3.05) is 21.1 Å². The maximum absolute atomic E-state index is 3.63. The van der Waals surface area contributed by atoms with Crippen molar-refractivity contribution in [3.63, 3.8) is 0 Å². The number of benzene rings is 1. The minimum absolute atomic E-state index is 0.257. The average Bonchev–Trinajstić information content (AvgIpc) is 3.09. The van der Waals surface area contributed by atoms with E-state index < -0.39 is 0 Å². The van der Waals surface area contributed by atoms with Crippen LogP contribution in [0, 0.1) is 0 Å². The Kier molecular flexibility index (Phi) is 3.85. The Morgan fingerprint density at radius 2 is 1.95 bits per heavy atom. The molecule has 1 unspecified atom stereocenters. The molecule has 0 aliphatic heterocycles. The van der Waals surface area contributed by atoms with E-state index in [-0.39, 0.29) is 5.54 Å². The monoisotopic (exact) mass is 288 g/mol. The summed E-state index contributed by atoms with van der Waals surface area (Å²) in [6, 6.07) is 9.37. The molecule has 1 aromatic carbocycles. The number of fused-ring (bicyclic) bond motifs is 1. The maximum Gasteiger partial charge on any atom is 0.0518 e. The summed E-state index contributed by atoms with van der Waals surface area (Å²) in [6.07, 6.45) is 5.26. The number of nitrogens with one attached hydrogen (secondary N) is 1. The minimum Gasteiger partial charge on any atom is -0.311 e. The van der Waals surface area contributed by atoms with Crippen LogP contribution < -0.4 is 5.32 Å². The molecule has 1 fully saturated rings. The standard InChI is InChI=1S/C17H24N2S/c1-18-16(17(19(2)3)10-4-5-11-17)14-8-6-7-13-9-12-20-15(13)14/h6-9,12,16,18H,4-5,10-11H2,1-3H3. The average molecular weight is 288 g/mol. The third kappa shape index (κ3) is 2.09. The van der Waals surface area contributed by atoms with Gasteiger partial charge in [-0.3, -0.25) is 0 Å². The molecule has 1 N–H and O–H groups in total. The number of thiophene rings is 1. The number of hydrogen-bond donors (Lipinski definition) is 1. The molecule has 0 bridgehead atoms. The highest BCUT2D eigenvalue weighted by Crippen LogP contribution is 2.45. The first-order chi connectivity index (χ1) is 9.69. The van der Waals surface area contributed by atoms with E-state index in [9.17, 15) is 0 Å². The topological polar surface area (TPSA) is 15.3 Å². The second kappa shape index (κ2) is 5.47. The predicted molar refractivity (Wildman–Crippen MR) is 88.5 cm³/mol. The van der Waals surface area contributed by atoms with Crippen molar-refractivity contribution in [3.8, 4) is 0 Å². The molecule has 1 aliphatic rings. The molecule has 108 valence electrons. The van der Waals surface area contributed by atoms with E-state index in [0.29, 0.717) is 6.04 Å². The SMILES string of the molecule is CNC(c1cccc2ccsc12)C1(N(C)C)CCCC1. The Hall–Kier alpha value is -0.900. The largest absolute Gasteiger partial charge is 0.311 e. The predicted octanol–water partition coefficient (Wildman–Crippen LogP) is 4.04. The molecule has 0 amide bonds. The normalized spacial score (nSPS) is 19.8. The van der Waals surface area contributed by atoms with Gasteiger partial charge in [0, 0.05) is 10.2 Å². The van der Waals surface area contributed by atoms with Gasteiger partial charge < -0.3 is 10.2 Å². The minimum atomic E-state index is 0.257. The van der Waals surface area contributed by atoms with Crippen molar-refractivity contribution in [2.24, 2.45) is 0 Å². The zero-order valence-electron chi connectivity index (χ0n) is 12.6.